The van der Waals surface area contributed by atoms with Crippen molar-refractivity contribution in [3.05, 3.63) is 58.9 Å². The zero-order valence-electron chi connectivity index (χ0n) is 16.7. The van der Waals surface area contributed by atoms with E-state index in [9.17, 15) is 9.59 Å². The molecule has 2 amide bonds. The third kappa shape index (κ3) is 4.75. The Morgan fingerprint density at radius 2 is 2.07 bits per heavy atom. The number of carbonyl (C=O) groups excluding carboxylic acids is 2. The maximum Gasteiger partial charge on any atom is 0.255 e. The Morgan fingerprint density at radius 1 is 1.29 bits per heavy atom. The molecule has 1 unspecified atom stereocenters. The summed E-state index contributed by atoms with van der Waals surface area (Å²) in [6.07, 6.45) is 3.83. The number of rotatable bonds is 6. The summed E-state index contributed by atoms with van der Waals surface area (Å²) in [5.41, 5.74) is 10.1. The topological polar surface area (TPSA) is 88.3 Å². The molecule has 0 saturated carbocycles. The molecular weight excluding hydrogens is 352 g/mol. The fourth-order valence-electron chi connectivity index (χ4n) is 3.64. The molecule has 148 valence electrons. The minimum atomic E-state index is -0.288. The Bertz CT molecular complexity index is 879. The summed E-state index contributed by atoms with van der Waals surface area (Å²) in [6.45, 7) is 8.60. The van der Waals surface area contributed by atoms with E-state index in [0.717, 1.165) is 24.2 Å². The molecule has 2 heterocycles. The third-order valence-corrected chi connectivity index (χ3v) is 5.22. The number of aromatic nitrogens is 1. The molecule has 1 aromatic heterocycles. The van der Waals surface area contributed by atoms with Gasteiger partial charge in [0.2, 0.25) is 5.91 Å². The molecule has 0 bridgehead atoms. The molecule has 0 saturated heterocycles. The monoisotopic (exact) mass is 380 g/mol. The number of fused-ring (bicyclic) bond motifs is 1. The average molecular weight is 380 g/mol. The summed E-state index contributed by atoms with van der Waals surface area (Å²) in [4.78, 5) is 30.3. The number of carbonyl (C=O) groups is 2. The fourth-order valence-corrected chi connectivity index (χ4v) is 3.64. The fraction of sp³-hybridized carbons (Fsp3) is 0.409. The van der Waals surface area contributed by atoms with E-state index in [-0.39, 0.29) is 11.8 Å². The third-order valence-electron chi connectivity index (χ3n) is 5.22. The second kappa shape index (κ2) is 8.52. The van der Waals surface area contributed by atoms with Crippen LogP contribution in [0.1, 0.15) is 66.1 Å². The molecule has 1 aromatic carbocycles. The number of nitrogens with two attached hydrogens (primary N) is 1. The summed E-state index contributed by atoms with van der Waals surface area (Å²) in [5, 5.41) is 2.95. The Balaban J connectivity index is 1.75. The van der Waals surface area contributed by atoms with Crippen LogP contribution >= 0.6 is 0 Å². The molecule has 6 heteroatoms. The first-order valence-electron chi connectivity index (χ1n) is 9.73. The van der Waals surface area contributed by atoms with Gasteiger partial charge in [0.05, 0.1) is 11.9 Å². The van der Waals surface area contributed by atoms with Gasteiger partial charge in [-0.05, 0) is 46.7 Å². The van der Waals surface area contributed by atoms with Crippen molar-refractivity contribution in [1.82, 2.24) is 9.88 Å². The van der Waals surface area contributed by atoms with Gasteiger partial charge in [-0.1, -0.05) is 26.8 Å². The first-order valence-corrected chi connectivity index (χ1v) is 9.73. The minimum absolute atomic E-state index is 0.146. The summed E-state index contributed by atoms with van der Waals surface area (Å²) in [6, 6.07) is 7.84. The molecule has 0 radical (unpaired) electrons. The Morgan fingerprint density at radius 3 is 2.79 bits per heavy atom. The lowest BCUT2D eigenvalue weighted by Gasteiger charge is -2.33. The number of pyridine rings is 1. The number of primary amides is 1. The molecule has 0 fully saturated rings. The minimum Gasteiger partial charge on any atom is -0.370 e. The molecule has 6 nitrogen and oxygen atoms in total. The normalized spacial score (nSPS) is 16.6. The highest BCUT2D eigenvalue weighted by molar-refractivity contribution is 6.04. The molecule has 2 aromatic rings. The summed E-state index contributed by atoms with van der Waals surface area (Å²) >= 11 is 0. The van der Waals surface area contributed by atoms with Crippen molar-refractivity contribution in [2.45, 2.75) is 45.6 Å². The van der Waals surface area contributed by atoms with Crippen LogP contribution < -0.4 is 11.1 Å². The summed E-state index contributed by atoms with van der Waals surface area (Å²) in [5.74, 6) is 0.262. The van der Waals surface area contributed by atoms with Gasteiger partial charge < -0.3 is 11.1 Å². The first kappa shape index (κ1) is 20.0. The second-order valence-electron chi connectivity index (χ2n) is 7.88. The number of nitrogens with one attached hydrogen (secondary N) is 1. The van der Waals surface area contributed by atoms with E-state index in [0.29, 0.717) is 36.1 Å². The predicted octanol–water partition coefficient (Wildman–Crippen LogP) is 3.25. The zero-order valence-corrected chi connectivity index (χ0v) is 16.7. The van der Waals surface area contributed by atoms with E-state index in [2.05, 4.69) is 36.0 Å². The van der Waals surface area contributed by atoms with Crippen molar-refractivity contribution >= 4 is 17.5 Å². The van der Waals surface area contributed by atoms with Crippen LogP contribution in [0.5, 0.6) is 0 Å². The maximum absolute atomic E-state index is 12.7. The number of amides is 2. The number of benzene rings is 1. The van der Waals surface area contributed by atoms with E-state index < -0.39 is 0 Å². The number of anilines is 1. The molecule has 28 heavy (non-hydrogen) atoms. The average Bonchev–Trinajstić information content (AvgIpc) is 2.66. The maximum atomic E-state index is 12.7. The van der Waals surface area contributed by atoms with Crippen LogP contribution in [0.3, 0.4) is 0 Å². The molecule has 3 rings (SSSR count). The number of hydrogen-bond acceptors (Lipinski definition) is 4. The van der Waals surface area contributed by atoms with Gasteiger partial charge in [0.25, 0.3) is 5.91 Å². The summed E-state index contributed by atoms with van der Waals surface area (Å²) < 4.78 is 0. The van der Waals surface area contributed by atoms with Crippen molar-refractivity contribution in [3.8, 4) is 0 Å². The lowest BCUT2D eigenvalue weighted by Crippen LogP contribution is -2.35. The van der Waals surface area contributed by atoms with Crippen LogP contribution in [-0.4, -0.2) is 34.8 Å². The van der Waals surface area contributed by atoms with Gasteiger partial charge in [-0.25, -0.2) is 0 Å². The molecule has 0 spiro atoms. The van der Waals surface area contributed by atoms with Gasteiger partial charge in [0.1, 0.15) is 0 Å². The van der Waals surface area contributed by atoms with Crippen LogP contribution in [0.15, 0.2) is 36.7 Å². The van der Waals surface area contributed by atoms with E-state index in [1.165, 1.54) is 5.56 Å². The Labute approximate surface area is 166 Å². The second-order valence-corrected chi connectivity index (χ2v) is 7.88. The SMILES string of the molecule is CC(C)c1cncc(NC(=O)c2ccc3c(c2)CN(CCC(N)=O)CC3C)c1. The van der Waals surface area contributed by atoms with Crippen molar-refractivity contribution in [1.29, 1.82) is 0 Å². The summed E-state index contributed by atoms with van der Waals surface area (Å²) in [7, 11) is 0. The van der Waals surface area contributed by atoms with E-state index >= 15 is 0 Å². The standard InChI is InChI=1S/C22H28N4O2/c1-14(2)17-9-19(11-24-10-17)25-22(28)16-4-5-20-15(3)12-26(7-6-21(23)27)13-18(20)8-16/h4-5,8-11,14-15H,6-7,12-13H2,1-3H3,(H2,23,27)(H,25,28). The first-order chi connectivity index (χ1) is 13.3. The highest BCUT2D eigenvalue weighted by atomic mass is 16.2. The Kier molecular flexibility index (Phi) is 6.09. The van der Waals surface area contributed by atoms with Crippen LogP contribution in [-0.2, 0) is 11.3 Å². The van der Waals surface area contributed by atoms with Crippen molar-refractivity contribution < 1.29 is 9.59 Å². The molecule has 1 aliphatic rings. The van der Waals surface area contributed by atoms with Crippen molar-refractivity contribution in [2.75, 3.05) is 18.4 Å². The van der Waals surface area contributed by atoms with Gasteiger partial charge in [0.15, 0.2) is 0 Å². The van der Waals surface area contributed by atoms with Crippen LogP contribution in [0.2, 0.25) is 0 Å². The number of nitrogens with zero attached hydrogens (tertiary/aromatic N) is 2. The van der Waals surface area contributed by atoms with Crippen LogP contribution in [0.4, 0.5) is 5.69 Å². The van der Waals surface area contributed by atoms with Crippen molar-refractivity contribution in [2.24, 2.45) is 5.73 Å². The van der Waals surface area contributed by atoms with Gasteiger partial charge in [-0.2, -0.15) is 0 Å². The van der Waals surface area contributed by atoms with Crippen LogP contribution in [0, 0.1) is 0 Å². The van der Waals surface area contributed by atoms with Crippen LogP contribution in [0.25, 0.3) is 0 Å². The smallest absolute Gasteiger partial charge is 0.255 e. The molecular formula is C22H28N4O2. The highest BCUT2D eigenvalue weighted by Gasteiger charge is 2.23. The lowest BCUT2D eigenvalue weighted by atomic mass is 9.89. The van der Waals surface area contributed by atoms with Gasteiger partial charge >= 0.3 is 0 Å². The van der Waals surface area contributed by atoms with Gasteiger partial charge in [-0.15, -0.1) is 0 Å². The van der Waals surface area contributed by atoms with E-state index in [4.69, 9.17) is 5.73 Å². The van der Waals surface area contributed by atoms with E-state index in [1.54, 1.807) is 6.20 Å². The highest BCUT2D eigenvalue weighted by Crippen LogP contribution is 2.29. The zero-order chi connectivity index (χ0) is 20.3. The quantitative estimate of drug-likeness (QED) is 0.805. The molecule has 3 N–H and O–H groups in total. The van der Waals surface area contributed by atoms with E-state index in [1.807, 2.05) is 30.5 Å². The van der Waals surface area contributed by atoms with Crippen molar-refractivity contribution in [3.63, 3.8) is 0 Å². The molecule has 1 aliphatic heterocycles. The molecule has 1 atom stereocenters. The van der Waals surface area contributed by atoms with Gasteiger partial charge in [0, 0.05) is 37.8 Å². The number of hydrogen-bond donors (Lipinski definition) is 2. The predicted molar refractivity (Wildman–Crippen MR) is 110 cm³/mol. The largest absolute Gasteiger partial charge is 0.370 e. The molecule has 0 aliphatic carbocycles. The Hall–Kier alpha value is -2.73. The lowest BCUT2D eigenvalue weighted by molar-refractivity contribution is -0.118. The van der Waals surface area contributed by atoms with Gasteiger partial charge in [-0.3, -0.25) is 19.5 Å².